The number of rotatable bonds is 3. The van der Waals surface area contributed by atoms with E-state index in [1.807, 2.05) is 0 Å². The molecule has 1 aromatic heterocycles. The van der Waals surface area contributed by atoms with Gasteiger partial charge in [-0.05, 0) is 27.4 Å². The number of hydrogen-bond acceptors (Lipinski definition) is 3. The van der Waals surface area contributed by atoms with Crippen LogP contribution in [0.5, 0.6) is 0 Å². The van der Waals surface area contributed by atoms with Crippen LogP contribution in [0.1, 0.15) is 17.4 Å². The quantitative estimate of drug-likeness (QED) is 0.863. The first-order chi connectivity index (χ1) is 5.61. The Bertz CT molecular complexity index is 284. The minimum atomic E-state index is -0.997. The van der Waals surface area contributed by atoms with Gasteiger partial charge in [-0.25, -0.2) is 0 Å². The maximum Gasteiger partial charge on any atom is 0.306 e. The second-order valence-electron chi connectivity index (χ2n) is 2.25. The Morgan fingerprint density at radius 3 is 2.83 bits per heavy atom. The summed E-state index contributed by atoms with van der Waals surface area (Å²) in [5.41, 5.74) is 0. The molecule has 0 spiro atoms. The predicted octanol–water partition coefficient (Wildman–Crippen LogP) is 2.02. The molecule has 0 fully saturated rings. The van der Waals surface area contributed by atoms with Crippen molar-refractivity contribution in [2.45, 2.75) is 12.5 Å². The Kier molecular flexibility index (Phi) is 3.25. The van der Waals surface area contributed by atoms with Crippen LogP contribution in [0.15, 0.2) is 15.9 Å². The molecule has 1 rings (SSSR count). The molecule has 66 valence electrons. The van der Waals surface area contributed by atoms with Gasteiger partial charge in [0.1, 0.15) is 0 Å². The Morgan fingerprint density at radius 2 is 2.42 bits per heavy atom. The summed E-state index contributed by atoms with van der Waals surface area (Å²) >= 11 is 4.55. The summed E-state index contributed by atoms with van der Waals surface area (Å²) in [6.07, 6.45) is -1.16. The Hall–Kier alpha value is -0.390. The predicted molar refractivity (Wildman–Crippen MR) is 49.2 cm³/mol. The fourth-order valence-electron chi connectivity index (χ4n) is 0.801. The van der Waals surface area contributed by atoms with E-state index in [0.29, 0.717) is 4.88 Å². The zero-order valence-electron chi connectivity index (χ0n) is 6.03. The molecule has 0 amide bonds. The van der Waals surface area contributed by atoms with Crippen molar-refractivity contribution in [1.82, 2.24) is 0 Å². The third-order valence-electron chi connectivity index (χ3n) is 1.32. The lowest BCUT2D eigenvalue weighted by Gasteiger charge is -2.04. The number of halogens is 1. The summed E-state index contributed by atoms with van der Waals surface area (Å²) in [7, 11) is 0. The first-order valence-electron chi connectivity index (χ1n) is 3.24. The molecule has 3 nitrogen and oxygen atoms in total. The van der Waals surface area contributed by atoms with Crippen molar-refractivity contribution in [2.75, 3.05) is 0 Å². The minimum Gasteiger partial charge on any atom is -0.481 e. The van der Waals surface area contributed by atoms with E-state index in [4.69, 9.17) is 5.11 Å². The highest BCUT2D eigenvalue weighted by molar-refractivity contribution is 9.10. The van der Waals surface area contributed by atoms with Gasteiger partial charge in [-0.2, -0.15) is 0 Å². The smallest absolute Gasteiger partial charge is 0.306 e. The Labute approximate surface area is 81.8 Å². The van der Waals surface area contributed by atoms with Crippen LogP contribution in [0.4, 0.5) is 0 Å². The SMILES string of the molecule is O=C(O)CC(O)c1sccc1Br. The van der Waals surface area contributed by atoms with Crippen molar-refractivity contribution in [1.29, 1.82) is 0 Å². The zero-order valence-corrected chi connectivity index (χ0v) is 8.43. The molecule has 0 aromatic carbocycles. The summed E-state index contributed by atoms with van der Waals surface area (Å²) in [6.45, 7) is 0. The zero-order chi connectivity index (χ0) is 9.14. The Balaban J connectivity index is 2.71. The molecule has 1 unspecified atom stereocenters. The molecule has 0 aliphatic carbocycles. The van der Waals surface area contributed by atoms with Crippen LogP contribution in [-0.2, 0) is 4.79 Å². The fraction of sp³-hybridized carbons (Fsp3) is 0.286. The molecule has 1 atom stereocenters. The first-order valence-corrected chi connectivity index (χ1v) is 4.91. The summed E-state index contributed by atoms with van der Waals surface area (Å²) < 4.78 is 0.765. The molecule has 0 radical (unpaired) electrons. The van der Waals surface area contributed by atoms with Crippen LogP contribution in [0, 0.1) is 0 Å². The van der Waals surface area contributed by atoms with Gasteiger partial charge in [0.05, 0.1) is 12.5 Å². The fourth-order valence-corrected chi connectivity index (χ4v) is 2.42. The van der Waals surface area contributed by atoms with E-state index >= 15 is 0 Å². The first kappa shape index (κ1) is 9.70. The van der Waals surface area contributed by atoms with Crippen molar-refractivity contribution in [3.8, 4) is 0 Å². The van der Waals surface area contributed by atoms with Gasteiger partial charge in [-0.15, -0.1) is 11.3 Å². The summed E-state index contributed by atoms with van der Waals surface area (Å²) in [4.78, 5) is 10.9. The maximum absolute atomic E-state index is 10.2. The standard InChI is InChI=1S/C7H7BrO3S/c8-4-1-2-12-7(4)5(9)3-6(10)11/h1-2,5,9H,3H2,(H,10,11). The van der Waals surface area contributed by atoms with Crippen molar-refractivity contribution >= 4 is 33.2 Å². The summed E-state index contributed by atoms with van der Waals surface area (Å²) in [6, 6.07) is 1.78. The lowest BCUT2D eigenvalue weighted by molar-refractivity contribution is -0.139. The molecule has 5 heteroatoms. The van der Waals surface area contributed by atoms with E-state index in [9.17, 15) is 9.90 Å². The molecule has 0 saturated carbocycles. The number of carbonyl (C=O) groups is 1. The van der Waals surface area contributed by atoms with Crippen LogP contribution in [-0.4, -0.2) is 16.2 Å². The van der Waals surface area contributed by atoms with Gasteiger partial charge in [-0.3, -0.25) is 4.79 Å². The average Bonchev–Trinajstić information content (AvgIpc) is 2.33. The molecule has 0 bridgehead atoms. The van der Waals surface area contributed by atoms with E-state index < -0.39 is 12.1 Å². The van der Waals surface area contributed by atoms with Gasteiger partial charge in [0.2, 0.25) is 0 Å². The molecule has 2 N–H and O–H groups in total. The number of aliphatic carboxylic acids is 1. The topological polar surface area (TPSA) is 57.5 Å². The van der Waals surface area contributed by atoms with Gasteiger partial charge >= 0.3 is 5.97 Å². The monoisotopic (exact) mass is 250 g/mol. The molecule has 0 aliphatic rings. The van der Waals surface area contributed by atoms with E-state index in [2.05, 4.69) is 15.9 Å². The van der Waals surface area contributed by atoms with Crippen LogP contribution >= 0.6 is 27.3 Å². The van der Waals surface area contributed by atoms with E-state index in [-0.39, 0.29) is 6.42 Å². The van der Waals surface area contributed by atoms with Gasteiger partial charge in [0, 0.05) is 9.35 Å². The normalized spacial score (nSPS) is 12.8. The van der Waals surface area contributed by atoms with Crippen LogP contribution in [0.2, 0.25) is 0 Å². The number of aliphatic hydroxyl groups is 1. The van der Waals surface area contributed by atoms with Crippen LogP contribution in [0.3, 0.4) is 0 Å². The second kappa shape index (κ2) is 4.02. The highest BCUT2D eigenvalue weighted by Gasteiger charge is 2.15. The van der Waals surface area contributed by atoms with Crippen molar-refractivity contribution in [3.05, 3.63) is 20.8 Å². The largest absolute Gasteiger partial charge is 0.481 e. The van der Waals surface area contributed by atoms with Crippen molar-refractivity contribution in [3.63, 3.8) is 0 Å². The Morgan fingerprint density at radius 1 is 1.75 bits per heavy atom. The second-order valence-corrected chi connectivity index (χ2v) is 4.05. The molecular formula is C7H7BrO3S. The maximum atomic E-state index is 10.2. The van der Waals surface area contributed by atoms with Gasteiger partial charge in [0.15, 0.2) is 0 Å². The number of carboxylic acids is 1. The summed E-state index contributed by atoms with van der Waals surface area (Å²) in [5.74, 6) is -0.997. The molecule has 1 heterocycles. The third kappa shape index (κ3) is 2.30. The number of hydrogen-bond donors (Lipinski definition) is 2. The van der Waals surface area contributed by atoms with Gasteiger partial charge in [-0.1, -0.05) is 0 Å². The van der Waals surface area contributed by atoms with Gasteiger partial charge in [0.25, 0.3) is 0 Å². The average molecular weight is 251 g/mol. The number of thiophene rings is 1. The lowest BCUT2D eigenvalue weighted by atomic mass is 10.2. The molecule has 0 aliphatic heterocycles. The minimum absolute atomic E-state index is 0.251. The van der Waals surface area contributed by atoms with E-state index in [1.165, 1.54) is 11.3 Å². The van der Waals surface area contributed by atoms with Gasteiger partial charge < -0.3 is 10.2 Å². The van der Waals surface area contributed by atoms with E-state index in [0.717, 1.165) is 4.47 Å². The highest BCUT2D eigenvalue weighted by Crippen LogP contribution is 2.30. The van der Waals surface area contributed by atoms with Crippen LogP contribution < -0.4 is 0 Å². The third-order valence-corrected chi connectivity index (χ3v) is 3.29. The van der Waals surface area contributed by atoms with E-state index in [1.54, 1.807) is 11.4 Å². The van der Waals surface area contributed by atoms with Crippen molar-refractivity contribution < 1.29 is 15.0 Å². The number of aliphatic hydroxyl groups excluding tert-OH is 1. The molecular weight excluding hydrogens is 244 g/mol. The summed E-state index contributed by atoms with van der Waals surface area (Å²) in [5, 5.41) is 19.6. The molecule has 0 saturated heterocycles. The van der Waals surface area contributed by atoms with Crippen LogP contribution in [0.25, 0.3) is 0 Å². The molecule has 1 aromatic rings. The highest BCUT2D eigenvalue weighted by atomic mass is 79.9. The molecule has 12 heavy (non-hydrogen) atoms. The number of carboxylic acid groups (broad SMARTS) is 1. The van der Waals surface area contributed by atoms with Crippen molar-refractivity contribution in [2.24, 2.45) is 0 Å². The lowest BCUT2D eigenvalue weighted by Crippen LogP contribution is -2.04.